The number of ether oxygens (including phenoxy) is 2. The molecule has 0 aliphatic heterocycles. The molecule has 6 heteroatoms. The number of hydrogen-bond acceptors (Lipinski definition) is 6. The largest absolute Gasteiger partial charge is 0.463 e. The molecular weight excluding hydrogens is 228 g/mol. The second-order valence-electron chi connectivity index (χ2n) is 3.54. The van der Waals surface area contributed by atoms with E-state index in [0.29, 0.717) is 0 Å². The van der Waals surface area contributed by atoms with Crippen molar-refractivity contribution in [3.05, 3.63) is 0 Å². The summed E-state index contributed by atoms with van der Waals surface area (Å²) in [5.41, 5.74) is 0. The monoisotopic (exact) mass is 254 g/mol. The Labute approximate surface area is 103 Å². The first-order chi connectivity index (χ1) is 7.68. The number of aliphatic hydroxyl groups excluding tert-OH is 3. The fraction of sp³-hybridized carbons (Fsp3) is 0.909. The minimum atomic E-state index is -0.593. The van der Waals surface area contributed by atoms with Crippen LogP contribution in [0.2, 0.25) is 0 Å². The lowest BCUT2D eigenvalue weighted by Gasteiger charge is -2.03. The molecule has 0 aromatic rings. The van der Waals surface area contributed by atoms with Gasteiger partial charge in [-0.2, -0.15) is 0 Å². The summed E-state index contributed by atoms with van der Waals surface area (Å²) in [6.07, 6.45) is -1.74. The van der Waals surface area contributed by atoms with Gasteiger partial charge in [-0.05, 0) is 20.8 Å². The molecule has 0 spiro atoms. The summed E-state index contributed by atoms with van der Waals surface area (Å²) >= 11 is 0. The van der Waals surface area contributed by atoms with Gasteiger partial charge in [-0.25, -0.2) is 0 Å². The van der Waals surface area contributed by atoms with E-state index in [-0.39, 0.29) is 12.6 Å². The SMILES string of the molecule is CC(=O)OCC(C)O.CC(O)C(C)O.COC. The summed E-state index contributed by atoms with van der Waals surface area (Å²) in [4.78, 5) is 10.0. The van der Waals surface area contributed by atoms with Crippen molar-refractivity contribution in [3.8, 4) is 0 Å². The normalized spacial score (nSPS) is 14.2. The van der Waals surface area contributed by atoms with Gasteiger partial charge in [0.2, 0.25) is 0 Å². The number of rotatable bonds is 3. The third kappa shape index (κ3) is 39.3. The summed E-state index contributed by atoms with van der Waals surface area (Å²) in [7, 11) is 3.25. The molecule has 0 saturated heterocycles. The zero-order valence-corrected chi connectivity index (χ0v) is 11.5. The predicted molar refractivity (Wildman–Crippen MR) is 64.6 cm³/mol. The maximum Gasteiger partial charge on any atom is 0.302 e. The molecule has 0 rings (SSSR count). The third-order valence-corrected chi connectivity index (χ3v) is 1.23. The zero-order valence-electron chi connectivity index (χ0n) is 11.5. The van der Waals surface area contributed by atoms with E-state index in [4.69, 9.17) is 15.3 Å². The summed E-state index contributed by atoms with van der Waals surface area (Å²) in [5, 5.41) is 25.3. The van der Waals surface area contributed by atoms with Gasteiger partial charge >= 0.3 is 5.97 Å². The summed E-state index contributed by atoms with van der Waals surface area (Å²) < 4.78 is 8.66. The third-order valence-electron chi connectivity index (χ3n) is 1.23. The molecule has 17 heavy (non-hydrogen) atoms. The van der Waals surface area contributed by atoms with Crippen LogP contribution in [0.15, 0.2) is 0 Å². The minimum Gasteiger partial charge on any atom is -0.463 e. The van der Waals surface area contributed by atoms with Gasteiger partial charge < -0.3 is 24.8 Å². The van der Waals surface area contributed by atoms with Crippen molar-refractivity contribution < 1.29 is 29.6 Å². The second kappa shape index (κ2) is 15.3. The topological polar surface area (TPSA) is 96.2 Å². The Morgan fingerprint density at radius 2 is 1.35 bits per heavy atom. The van der Waals surface area contributed by atoms with Crippen molar-refractivity contribution in [1.82, 2.24) is 0 Å². The number of methoxy groups -OCH3 is 1. The van der Waals surface area contributed by atoms with Crippen LogP contribution in [0.4, 0.5) is 0 Å². The van der Waals surface area contributed by atoms with E-state index in [0.717, 1.165) is 0 Å². The molecule has 106 valence electrons. The molecule has 0 aliphatic rings. The lowest BCUT2D eigenvalue weighted by atomic mass is 10.3. The number of carbonyl (C=O) groups is 1. The van der Waals surface area contributed by atoms with E-state index in [2.05, 4.69) is 9.47 Å². The number of aliphatic hydroxyl groups is 3. The van der Waals surface area contributed by atoms with Crippen molar-refractivity contribution in [3.63, 3.8) is 0 Å². The van der Waals surface area contributed by atoms with E-state index < -0.39 is 18.3 Å². The van der Waals surface area contributed by atoms with Gasteiger partial charge in [0.15, 0.2) is 0 Å². The Hall–Kier alpha value is -0.690. The van der Waals surface area contributed by atoms with Crippen LogP contribution in [-0.2, 0) is 14.3 Å². The van der Waals surface area contributed by atoms with Crippen molar-refractivity contribution >= 4 is 5.97 Å². The molecular formula is C11H26O6. The van der Waals surface area contributed by atoms with Crippen LogP contribution >= 0.6 is 0 Å². The first kappa shape index (κ1) is 21.6. The molecule has 0 radical (unpaired) electrons. The van der Waals surface area contributed by atoms with E-state index >= 15 is 0 Å². The molecule has 0 aromatic carbocycles. The average Bonchev–Trinajstić information content (AvgIpc) is 2.16. The van der Waals surface area contributed by atoms with Crippen molar-refractivity contribution in [2.24, 2.45) is 0 Å². The van der Waals surface area contributed by atoms with Crippen molar-refractivity contribution in [2.45, 2.75) is 46.0 Å². The first-order valence-electron chi connectivity index (χ1n) is 5.26. The van der Waals surface area contributed by atoms with Crippen LogP contribution in [0.25, 0.3) is 0 Å². The van der Waals surface area contributed by atoms with E-state index in [9.17, 15) is 4.79 Å². The Morgan fingerprint density at radius 3 is 1.41 bits per heavy atom. The summed E-state index contributed by atoms with van der Waals surface area (Å²) in [6, 6.07) is 0. The standard InChI is InChI=1S/C5H10O3.C4H10O2.C2H6O/c1-4(6)3-8-5(2)7;1-3(5)4(2)6;1-3-2/h4,6H,3H2,1-2H3;3-6H,1-2H3;1-2H3. The van der Waals surface area contributed by atoms with Crippen LogP contribution in [-0.4, -0.2) is 60.4 Å². The van der Waals surface area contributed by atoms with E-state index in [1.807, 2.05) is 0 Å². The van der Waals surface area contributed by atoms with Gasteiger partial charge in [0.1, 0.15) is 6.61 Å². The minimum absolute atomic E-state index is 0.0926. The fourth-order valence-corrected chi connectivity index (χ4v) is 0.238. The Balaban J connectivity index is -0.000000193. The second-order valence-corrected chi connectivity index (χ2v) is 3.54. The number of esters is 1. The number of hydrogen-bond donors (Lipinski definition) is 3. The molecule has 6 nitrogen and oxygen atoms in total. The highest BCUT2D eigenvalue weighted by Crippen LogP contribution is 1.85. The Morgan fingerprint density at radius 1 is 1.06 bits per heavy atom. The smallest absolute Gasteiger partial charge is 0.302 e. The van der Waals surface area contributed by atoms with Gasteiger partial charge in [0, 0.05) is 21.1 Å². The maximum absolute atomic E-state index is 10.0. The van der Waals surface area contributed by atoms with Crippen LogP contribution in [0.1, 0.15) is 27.7 Å². The molecule has 0 fully saturated rings. The molecule has 0 heterocycles. The highest BCUT2D eigenvalue weighted by molar-refractivity contribution is 5.65. The van der Waals surface area contributed by atoms with Gasteiger partial charge in [-0.15, -0.1) is 0 Å². The highest BCUT2D eigenvalue weighted by atomic mass is 16.5. The van der Waals surface area contributed by atoms with Gasteiger partial charge in [-0.1, -0.05) is 0 Å². The molecule has 0 bridgehead atoms. The van der Waals surface area contributed by atoms with Gasteiger partial charge in [0.25, 0.3) is 0 Å². The quantitative estimate of drug-likeness (QED) is 0.611. The molecule has 0 aliphatic carbocycles. The average molecular weight is 254 g/mol. The van der Waals surface area contributed by atoms with E-state index in [1.165, 1.54) is 6.92 Å². The zero-order chi connectivity index (χ0) is 14.4. The van der Waals surface area contributed by atoms with Crippen molar-refractivity contribution in [2.75, 3.05) is 20.8 Å². The van der Waals surface area contributed by atoms with Gasteiger partial charge in [0.05, 0.1) is 18.3 Å². The fourth-order valence-electron chi connectivity index (χ4n) is 0.238. The molecule has 0 saturated carbocycles. The highest BCUT2D eigenvalue weighted by Gasteiger charge is 1.99. The lowest BCUT2D eigenvalue weighted by Crippen LogP contribution is -2.17. The van der Waals surface area contributed by atoms with Crippen LogP contribution in [0, 0.1) is 0 Å². The summed E-state index contributed by atoms with van der Waals surface area (Å²) in [6.45, 7) is 6.05. The first-order valence-corrected chi connectivity index (χ1v) is 5.26. The maximum atomic E-state index is 10.0. The van der Waals surface area contributed by atoms with Crippen LogP contribution in [0.3, 0.4) is 0 Å². The van der Waals surface area contributed by atoms with Crippen molar-refractivity contribution in [1.29, 1.82) is 0 Å². The Bertz CT molecular complexity index is 150. The van der Waals surface area contributed by atoms with E-state index in [1.54, 1.807) is 35.0 Å². The van der Waals surface area contributed by atoms with Crippen LogP contribution in [0.5, 0.6) is 0 Å². The molecule has 0 amide bonds. The molecule has 3 N–H and O–H groups in total. The van der Waals surface area contributed by atoms with Gasteiger partial charge in [-0.3, -0.25) is 4.79 Å². The number of carbonyl (C=O) groups excluding carboxylic acids is 1. The Kier molecular flexibility index (Phi) is 19.4. The molecule has 3 atom stereocenters. The summed E-state index contributed by atoms with van der Waals surface area (Å²) in [5.74, 6) is -0.356. The molecule has 3 unspecified atom stereocenters. The predicted octanol–water partition coefficient (Wildman–Crippen LogP) is -0.0591. The van der Waals surface area contributed by atoms with Crippen LogP contribution < -0.4 is 0 Å². The lowest BCUT2D eigenvalue weighted by molar-refractivity contribution is -0.143. The molecule has 0 aromatic heterocycles.